The van der Waals surface area contributed by atoms with Crippen LogP contribution in [0.1, 0.15) is 15.9 Å². The van der Waals surface area contributed by atoms with Gasteiger partial charge in [-0.1, -0.05) is 17.7 Å². The first-order valence-electron chi connectivity index (χ1n) is 5.92. The van der Waals surface area contributed by atoms with Crippen molar-refractivity contribution in [2.24, 2.45) is 0 Å². The summed E-state index contributed by atoms with van der Waals surface area (Å²) in [4.78, 5) is 12.0. The van der Waals surface area contributed by atoms with Gasteiger partial charge < -0.3 is 11.1 Å². The number of hydrogen-bond acceptors (Lipinski definition) is 2. The molecule has 0 atom stereocenters. The molecule has 2 rings (SSSR count). The van der Waals surface area contributed by atoms with Crippen molar-refractivity contribution in [3.05, 3.63) is 58.4 Å². The third kappa shape index (κ3) is 3.30. The van der Waals surface area contributed by atoms with E-state index in [1.54, 1.807) is 0 Å². The first kappa shape index (κ1) is 16.1. The molecule has 0 radical (unpaired) electrons. The molecule has 2 aromatic rings. The van der Waals surface area contributed by atoms with Crippen molar-refractivity contribution in [1.82, 2.24) is 0 Å². The molecule has 0 saturated carbocycles. The SMILES string of the molecule is Nc1c(F)cccc1C(=O)Nc1ccc(Cl)c(C(F)(F)F)c1. The van der Waals surface area contributed by atoms with E-state index in [0.29, 0.717) is 6.07 Å². The van der Waals surface area contributed by atoms with Gasteiger partial charge in [0.05, 0.1) is 21.8 Å². The van der Waals surface area contributed by atoms with Crippen LogP contribution in [0, 0.1) is 5.82 Å². The summed E-state index contributed by atoms with van der Waals surface area (Å²) in [6, 6.07) is 6.49. The molecule has 0 aromatic heterocycles. The van der Waals surface area contributed by atoms with Gasteiger partial charge in [0.1, 0.15) is 5.82 Å². The number of nitrogens with one attached hydrogen (secondary N) is 1. The molecule has 22 heavy (non-hydrogen) atoms. The zero-order valence-electron chi connectivity index (χ0n) is 10.8. The van der Waals surface area contributed by atoms with Crippen molar-refractivity contribution in [2.45, 2.75) is 6.18 Å². The fourth-order valence-electron chi connectivity index (χ4n) is 1.75. The normalized spacial score (nSPS) is 11.3. The lowest BCUT2D eigenvalue weighted by Gasteiger charge is -2.12. The summed E-state index contributed by atoms with van der Waals surface area (Å²) in [6.45, 7) is 0. The topological polar surface area (TPSA) is 55.1 Å². The van der Waals surface area contributed by atoms with Crippen LogP contribution in [0.25, 0.3) is 0 Å². The Morgan fingerprint density at radius 3 is 2.50 bits per heavy atom. The molecule has 1 amide bonds. The summed E-state index contributed by atoms with van der Waals surface area (Å²) in [6.07, 6.45) is -4.66. The Morgan fingerprint density at radius 2 is 1.86 bits per heavy atom. The fraction of sp³-hybridized carbons (Fsp3) is 0.0714. The van der Waals surface area contributed by atoms with E-state index in [-0.39, 0.29) is 16.9 Å². The first-order chi connectivity index (χ1) is 10.2. The molecular weight excluding hydrogens is 324 g/mol. The Bertz CT molecular complexity index is 731. The molecule has 3 nitrogen and oxygen atoms in total. The second-order valence-corrected chi connectivity index (χ2v) is 4.75. The molecule has 0 aliphatic rings. The fourth-order valence-corrected chi connectivity index (χ4v) is 1.98. The number of halogens is 5. The van der Waals surface area contributed by atoms with Gasteiger partial charge in [0, 0.05) is 5.69 Å². The number of amides is 1. The lowest BCUT2D eigenvalue weighted by atomic mass is 10.1. The number of carbonyl (C=O) groups is 1. The summed E-state index contributed by atoms with van der Waals surface area (Å²) in [5.41, 5.74) is 3.64. The molecule has 0 saturated heterocycles. The minimum Gasteiger partial charge on any atom is -0.396 e. The maximum atomic E-state index is 13.3. The molecular formula is C14H9ClF4N2O. The van der Waals surface area contributed by atoms with Crippen LogP contribution in [-0.2, 0) is 6.18 Å². The standard InChI is InChI=1S/C14H9ClF4N2O/c15-10-5-4-7(6-9(10)14(17,18)19)21-13(22)8-2-1-3-11(16)12(8)20/h1-6H,20H2,(H,21,22). The Hall–Kier alpha value is -2.28. The molecule has 2 aromatic carbocycles. The maximum Gasteiger partial charge on any atom is 0.417 e. The summed E-state index contributed by atoms with van der Waals surface area (Å²) in [5, 5.41) is 1.73. The second-order valence-electron chi connectivity index (χ2n) is 4.35. The Kier molecular flexibility index (Phi) is 4.27. The quantitative estimate of drug-likeness (QED) is 0.635. The van der Waals surface area contributed by atoms with Crippen molar-refractivity contribution < 1.29 is 22.4 Å². The van der Waals surface area contributed by atoms with Gasteiger partial charge in [-0.3, -0.25) is 4.79 Å². The second kappa shape index (κ2) is 5.84. The van der Waals surface area contributed by atoms with Gasteiger partial charge in [-0.2, -0.15) is 13.2 Å². The minimum atomic E-state index is -4.66. The highest BCUT2D eigenvalue weighted by atomic mass is 35.5. The molecule has 0 spiro atoms. The molecule has 8 heteroatoms. The highest BCUT2D eigenvalue weighted by Gasteiger charge is 2.33. The highest BCUT2D eigenvalue weighted by molar-refractivity contribution is 6.31. The summed E-state index contributed by atoms with van der Waals surface area (Å²) in [7, 11) is 0. The van der Waals surface area contributed by atoms with Gasteiger partial charge in [0.15, 0.2) is 0 Å². The van der Waals surface area contributed by atoms with Crippen molar-refractivity contribution in [3.8, 4) is 0 Å². The number of rotatable bonds is 2. The zero-order valence-corrected chi connectivity index (χ0v) is 11.6. The molecule has 3 N–H and O–H groups in total. The van der Waals surface area contributed by atoms with Crippen LogP contribution in [0.2, 0.25) is 5.02 Å². The average Bonchev–Trinajstić information content (AvgIpc) is 2.42. The van der Waals surface area contributed by atoms with Crippen LogP contribution in [0.3, 0.4) is 0 Å². The number of para-hydroxylation sites is 1. The molecule has 0 aliphatic carbocycles. The average molecular weight is 333 g/mol. The van der Waals surface area contributed by atoms with Crippen molar-refractivity contribution in [3.63, 3.8) is 0 Å². The third-order valence-electron chi connectivity index (χ3n) is 2.83. The Labute approximate surface area is 127 Å². The smallest absolute Gasteiger partial charge is 0.396 e. The van der Waals surface area contributed by atoms with E-state index < -0.39 is 28.5 Å². The van der Waals surface area contributed by atoms with Crippen LogP contribution in [0.15, 0.2) is 36.4 Å². The van der Waals surface area contributed by atoms with E-state index in [0.717, 1.165) is 12.1 Å². The molecule has 0 aliphatic heterocycles. The number of nitrogen functional groups attached to an aromatic ring is 1. The van der Waals surface area contributed by atoms with Crippen molar-refractivity contribution in [2.75, 3.05) is 11.1 Å². The van der Waals surface area contributed by atoms with E-state index >= 15 is 0 Å². The minimum absolute atomic E-state index is 0.134. The van der Waals surface area contributed by atoms with E-state index in [2.05, 4.69) is 5.32 Å². The molecule has 0 fully saturated rings. The summed E-state index contributed by atoms with van der Waals surface area (Å²) >= 11 is 5.48. The monoisotopic (exact) mass is 332 g/mol. The van der Waals surface area contributed by atoms with Gasteiger partial charge in [0.2, 0.25) is 0 Å². The summed E-state index contributed by atoms with van der Waals surface area (Å²) in [5.74, 6) is -1.62. The van der Waals surface area contributed by atoms with E-state index in [4.69, 9.17) is 17.3 Å². The van der Waals surface area contributed by atoms with Gasteiger partial charge in [-0.15, -0.1) is 0 Å². The molecule has 0 unspecified atom stereocenters. The van der Waals surface area contributed by atoms with Gasteiger partial charge >= 0.3 is 6.18 Å². The number of benzene rings is 2. The maximum absolute atomic E-state index is 13.3. The number of hydrogen-bond donors (Lipinski definition) is 2. The number of alkyl halides is 3. The predicted octanol–water partition coefficient (Wildman–Crippen LogP) is 4.33. The highest BCUT2D eigenvalue weighted by Crippen LogP contribution is 2.36. The van der Waals surface area contributed by atoms with Crippen LogP contribution < -0.4 is 11.1 Å². The first-order valence-corrected chi connectivity index (χ1v) is 6.30. The van der Waals surface area contributed by atoms with Gasteiger partial charge in [0.25, 0.3) is 5.91 Å². The van der Waals surface area contributed by atoms with E-state index in [1.807, 2.05) is 0 Å². The van der Waals surface area contributed by atoms with Crippen LogP contribution >= 0.6 is 11.6 Å². The number of nitrogens with two attached hydrogens (primary N) is 1. The van der Waals surface area contributed by atoms with Gasteiger partial charge in [-0.25, -0.2) is 4.39 Å². The van der Waals surface area contributed by atoms with Crippen LogP contribution in [0.4, 0.5) is 28.9 Å². The van der Waals surface area contributed by atoms with Crippen LogP contribution in [-0.4, -0.2) is 5.91 Å². The van der Waals surface area contributed by atoms with E-state index in [9.17, 15) is 22.4 Å². The van der Waals surface area contributed by atoms with Gasteiger partial charge in [-0.05, 0) is 30.3 Å². The molecule has 0 bridgehead atoms. The van der Waals surface area contributed by atoms with Crippen molar-refractivity contribution >= 4 is 28.9 Å². The largest absolute Gasteiger partial charge is 0.417 e. The number of carbonyl (C=O) groups excluding carboxylic acids is 1. The molecule has 116 valence electrons. The Balaban J connectivity index is 2.31. The Morgan fingerprint density at radius 1 is 1.18 bits per heavy atom. The number of anilines is 2. The summed E-state index contributed by atoms with van der Waals surface area (Å²) < 4.78 is 51.5. The lowest BCUT2D eigenvalue weighted by molar-refractivity contribution is -0.137. The zero-order chi connectivity index (χ0) is 16.5. The van der Waals surface area contributed by atoms with E-state index in [1.165, 1.54) is 18.2 Å². The van der Waals surface area contributed by atoms with Crippen LogP contribution in [0.5, 0.6) is 0 Å². The molecule has 0 heterocycles. The van der Waals surface area contributed by atoms with Crippen molar-refractivity contribution in [1.29, 1.82) is 0 Å². The predicted molar refractivity (Wildman–Crippen MR) is 75.2 cm³/mol. The lowest BCUT2D eigenvalue weighted by Crippen LogP contribution is -2.15. The third-order valence-corrected chi connectivity index (χ3v) is 3.16.